The lowest BCUT2D eigenvalue weighted by atomic mass is 9.93. The topological polar surface area (TPSA) is 67.2 Å². The Hall–Kier alpha value is -3.71. The molecule has 166 valence electrons. The van der Waals surface area contributed by atoms with Crippen LogP contribution < -0.4 is 10.2 Å². The van der Waals surface area contributed by atoms with Crippen molar-refractivity contribution >= 4 is 28.8 Å². The number of carbonyl (C=O) groups is 2. The van der Waals surface area contributed by atoms with E-state index in [2.05, 4.69) is 10.4 Å². The molecule has 0 aliphatic carbocycles. The minimum atomic E-state index is -1.15. The summed E-state index contributed by atoms with van der Waals surface area (Å²) in [5.41, 5.74) is 2.85. The van der Waals surface area contributed by atoms with Crippen LogP contribution in [0.5, 0.6) is 0 Å². The predicted octanol–water partition coefficient (Wildman–Crippen LogP) is 4.66. The van der Waals surface area contributed by atoms with Gasteiger partial charge in [-0.2, -0.15) is 5.10 Å². The van der Waals surface area contributed by atoms with Crippen molar-refractivity contribution < 1.29 is 9.59 Å². The minimum Gasteiger partial charge on any atom is -0.350 e. The van der Waals surface area contributed by atoms with Crippen molar-refractivity contribution in [1.82, 2.24) is 15.1 Å². The van der Waals surface area contributed by atoms with Gasteiger partial charge in [0.1, 0.15) is 16.9 Å². The van der Waals surface area contributed by atoms with Crippen LogP contribution in [-0.2, 0) is 17.9 Å². The maximum atomic E-state index is 13.8. The molecule has 0 bridgehead atoms. The molecule has 0 spiro atoms. The molecule has 0 saturated carbocycles. The average molecular weight is 457 g/mol. The summed E-state index contributed by atoms with van der Waals surface area (Å²) in [6, 6.07) is 23.2. The summed E-state index contributed by atoms with van der Waals surface area (Å²) < 4.78 is 1.67. The molecule has 0 radical (unpaired) electrons. The molecule has 6 nitrogen and oxygen atoms in total. The second-order valence-corrected chi connectivity index (χ2v) is 9.42. The molecule has 1 aliphatic heterocycles. The van der Waals surface area contributed by atoms with Crippen LogP contribution in [-0.4, -0.2) is 27.1 Å². The first kappa shape index (κ1) is 21.2. The quantitative estimate of drug-likeness (QED) is 0.475. The first-order valence-electron chi connectivity index (χ1n) is 10.8. The Morgan fingerprint density at radius 3 is 2.55 bits per heavy atom. The van der Waals surface area contributed by atoms with Crippen molar-refractivity contribution in [3.8, 4) is 10.6 Å². The van der Waals surface area contributed by atoms with Gasteiger partial charge in [0.05, 0.1) is 11.4 Å². The molecular formula is C26H24N4O2S. The fourth-order valence-corrected chi connectivity index (χ4v) is 4.87. The van der Waals surface area contributed by atoms with Crippen LogP contribution in [0.2, 0.25) is 0 Å². The van der Waals surface area contributed by atoms with Gasteiger partial charge in [0.2, 0.25) is 5.91 Å². The first-order valence-corrected chi connectivity index (χ1v) is 11.7. The Morgan fingerprint density at radius 1 is 1.09 bits per heavy atom. The van der Waals surface area contributed by atoms with E-state index in [0.29, 0.717) is 17.9 Å². The van der Waals surface area contributed by atoms with E-state index in [1.165, 1.54) is 0 Å². The molecule has 4 aromatic rings. The third-order valence-corrected chi connectivity index (χ3v) is 6.90. The standard InChI is InChI=1S/C26H24N4O2S/c1-18-10-12-20(13-11-18)30-24(31)22-15-21(23-9-6-14-33-23)28-29(22)17-26(30,2)25(32)27-16-19-7-4-3-5-8-19/h3-15H,16-17H2,1-2H3,(H,27,32)/t26-/m0/s1. The van der Waals surface area contributed by atoms with Crippen LogP contribution in [0.4, 0.5) is 5.69 Å². The van der Waals surface area contributed by atoms with Gasteiger partial charge in [-0.15, -0.1) is 11.3 Å². The number of rotatable bonds is 5. The summed E-state index contributed by atoms with van der Waals surface area (Å²) in [5, 5.41) is 9.70. The molecule has 0 unspecified atom stereocenters. The molecular weight excluding hydrogens is 432 g/mol. The Balaban J connectivity index is 1.54. The summed E-state index contributed by atoms with van der Waals surface area (Å²) in [5.74, 6) is -0.461. The monoisotopic (exact) mass is 456 g/mol. The summed E-state index contributed by atoms with van der Waals surface area (Å²) in [4.78, 5) is 30.0. The largest absolute Gasteiger partial charge is 0.350 e. The number of amides is 2. The van der Waals surface area contributed by atoms with Gasteiger partial charge in [-0.05, 0) is 49.1 Å². The van der Waals surface area contributed by atoms with Gasteiger partial charge in [0.15, 0.2) is 0 Å². The summed E-state index contributed by atoms with van der Waals surface area (Å²) in [6.45, 7) is 4.45. The third kappa shape index (κ3) is 3.85. The summed E-state index contributed by atoms with van der Waals surface area (Å²) in [6.07, 6.45) is 0. The van der Waals surface area contributed by atoms with E-state index < -0.39 is 5.54 Å². The molecule has 33 heavy (non-hydrogen) atoms. The Bertz CT molecular complexity index is 1300. The predicted molar refractivity (Wildman–Crippen MR) is 130 cm³/mol. The molecule has 2 aromatic heterocycles. The van der Waals surface area contributed by atoms with E-state index in [-0.39, 0.29) is 18.4 Å². The molecule has 1 N–H and O–H groups in total. The maximum absolute atomic E-state index is 13.8. The van der Waals surface area contributed by atoms with Crippen LogP contribution in [0.15, 0.2) is 78.2 Å². The van der Waals surface area contributed by atoms with E-state index in [9.17, 15) is 9.59 Å². The molecule has 0 fully saturated rings. The maximum Gasteiger partial charge on any atom is 0.277 e. The zero-order valence-corrected chi connectivity index (χ0v) is 19.3. The number of aromatic nitrogens is 2. The van der Waals surface area contributed by atoms with Gasteiger partial charge in [0, 0.05) is 12.2 Å². The Kier molecular flexibility index (Phi) is 5.34. The molecule has 3 heterocycles. The Labute approximate surface area is 196 Å². The smallest absolute Gasteiger partial charge is 0.277 e. The van der Waals surface area contributed by atoms with Gasteiger partial charge in [-0.1, -0.05) is 54.1 Å². The molecule has 5 rings (SSSR count). The number of carbonyl (C=O) groups excluding carboxylic acids is 2. The van der Waals surface area contributed by atoms with Crippen molar-refractivity contribution in [3.63, 3.8) is 0 Å². The van der Waals surface area contributed by atoms with Crippen molar-refractivity contribution in [2.24, 2.45) is 0 Å². The van der Waals surface area contributed by atoms with Crippen LogP contribution in [0.3, 0.4) is 0 Å². The fourth-order valence-electron chi connectivity index (χ4n) is 4.19. The Morgan fingerprint density at radius 2 is 1.85 bits per heavy atom. The second-order valence-electron chi connectivity index (χ2n) is 8.47. The lowest BCUT2D eigenvalue weighted by Crippen LogP contribution is -2.64. The first-order chi connectivity index (χ1) is 16.0. The van der Waals surface area contributed by atoms with E-state index in [1.807, 2.05) is 85.1 Å². The number of benzene rings is 2. The summed E-state index contributed by atoms with van der Waals surface area (Å²) >= 11 is 1.57. The SMILES string of the molecule is Cc1ccc(N2C(=O)c3cc(-c4cccs4)nn3C[C@@]2(C)C(=O)NCc2ccccc2)cc1. The number of nitrogens with zero attached hydrogens (tertiary/aromatic N) is 3. The number of aryl methyl sites for hydroxylation is 1. The van der Waals surface area contributed by atoms with Crippen molar-refractivity contribution in [3.05, 3.63) is 95.0 Å². The zero-order valence-electron chi connectivity index (χ0n) is 18.5. The highest BCUT2D eigenvalue weighted by atomic mass is 32.1. The highest BCUT2D eigenvalue weighted by Gasteiger charge is 2.48. The van der Waals surface area contributed by atoms with Gasteiger partial charge in [-0.25, -0.2) is 0 Å². The van der Waals surface area contributed by atoms with E-state index in [1.54, 1.807) is 27.8 Å². The van der Waals surface area contributed by atoms with E-state index in [4.69, 9.17) is 0 Å². The van der Waals surface area contributed by atoms with Gasteiger partial charge in [0.25, 0.3) is 5.91 Å². The number of fused-ring (bicyclic) bond motifs is 1. The highest BCUT2D eigenvalue weighted by Crippen LogP contribution is 2.35. The number of hydrogen-bond acceptors (Lipinski definition) is 4. The van der Waals surface area contributed by atoms with Gasteiger partial charge >= 0.3 is 0 Å². The zero-order chi connectivity index (χ0) is 23.0. The van der Waals surface area contributed by atoms with Crippen LogP contribution in [0.1, 0.15) is 28.5 Å². The normalized spacial score (nSPS) is 17.6. The molecule has 1 atom stereocenters. The fraction of sp³-hybridized carbons (Fsp3) is 0.192. The second kappa shape index (κ2) is 8.33. The minimum absolute atomic E-state index is 0.223. The van der Waals surface area contributed by atoms with Crippen molar-refractivity contribution in [2.45, 2.75) is 32.5 Å². The van der Waals surface area contributed by atoms with Crippen molar-refractivity contribution in [1.29, 1.82) is 0 Å². The molecule has 2 amide bonds. The molecule has 1 aliphatic rings. The van der Waals surface area contributed by atoms with Crippen LogP contribution in [0, 0.1) is 6.92 Å². The molecule has 7 heteroatoms. The highest BCUT2D eigenvalue weighted by molar-refractivity contribution is 7.13. The lowest BCUT2D eigenvalue weighted by Gasteiger charge is -2.43. The third-order valence-electron chi connectivity index (χ3n) is 6.00. The number of thiophene rings is 1. The van der Waals surface area contributed by atoms with Gasteiger partial charge < -0.3 is 5.32 Å². The lowest BCUT2D eigenvalue weighted by molar-refractivity contribution is -0.126. The number of anilines is 1. The van der Waals surface area contributed by atoms with Crippen molar-refractivity contribution in [2.75, 3.05) is 4.90 Å². The summed E-state index contributed by atoms with van der Waals surface area (Å²) in [7, 11) is 0. The number of nitrogens with one attached hydrogen (secondary N) is 1. The number of hydrogen-bond donors (Lipinski definition) is 1. The molecule has 0 saturated heterocycles. The average Bonchev–Trinajstić information content (AvgIpc) is 3.49. The molecule has 2 aromatic carbocycles. The van der Waals surface area contributed by atoms with Gasteiger partial charge in [-0.3, -0.25) is 19.2 Å². The van der Waals surface area contributed by atoms with E-state index >= 15 is 0 Å². The van der Waals surface area contributed by atoms with Crippen LogP contribution in [0.25, 0.3) is 10.6 Å². The van der Waals surface area contributed by atoms with E-state index in [0.717, 1.165) is 21.7 Å². The van der Waals surface area contributed by atoms with Crippen LogP contribution >= 0.6 is 11.3 Å².